The second kappa shape index (κ2) is 6.56. The Bertz CT molecular complexity index is 1090. The lowest BCUT2D eigenvalue weighted by atomic mass is 9.95. The first-order valence-electron chi connectivity index (χ1n) is 9.67. The summed E-state index contributed by atoms with van der Waals surface area (Å²) in [5, 5.41) is 4.20. The summed E-state index contributed by atoms with van der Waals surface area (Å²) in [5.74, 6) is 0.260. The molecule has 0 aromatic carbocycles. The number of hydrogen-bond donors (Lipinski definition) is 1. The number of nitrogens with two attached hydrogens (primary N) is 1. The quantitative estimate of drug-likeness (QED) is 0.715. The molecule has 0 unspecified atom stereocenters. The predicted octanol–water partition coefficient (Wildman–Crippen LogP) is 1.96. The van der Waals surface area contributed by atoms with Crippen LogP contribution in [0.2, 0.25) is 0 Å². The van der Waals surface area contributed by atoms with E-state index < -0.39 is 10.0 Å². The monoisotopic (exact) mass is 401 g/mol. The molecule has 0 atom stereocenters. The summed E-state index contributed by atoms with van der Waals surface area (Å²) in [7, 11) is -3.76. The van der Waals surface area contributed by atoms with Gasteiger partial charge in [-0.3, -0.25) is 4.68 Å². The Morgan fingerprint density at radius 3 is 2.46 bits per heavy atom. The highest BCUT2D eigenvalue weighted by Crippen LogP contribution is 2.40. The molecule has 1 aliphatic heterocycles. The number of anilines is 1. The largest absolute Gasteiger partial charge is 0.384 e. The minimum Gasteiger partial charge on any atom is -0.384 e. The molecule has 2 N–H and O–H groups in total. The number of nitrogen functional groups attached to an aromatic ring is 1. The van der Waals surface area contributed by atoms with Crippen LogP contribution in [0.3, 0.4) is 0 Å². The molecular weight excluding hydrogens is 378 g/mol. The maximum Gasteiger partial charge on any atom is 0.249 e. The average molecular weight is 401 g/mol. The van der Waals surface area contributed by atoms with Crippen LogP contribution in [0, 0.1) is 0 Å². The van der Waals surface area contributed by atoms with E-state index >= 15 is 0 Å². The molecule has 1 saturated carbocycles. The zero-order chi connectivity index (χ0) is 19.3. The van der Waals surface area contributed by atoms with Crippen LogP contribution in [-0.4, -0.2) is 50.1 Å². The third-order valence-corrected chi connectivity index (χ3v) is 7.78. The van der Waals surface area contributed by atoms with Gasteiger partial charge in [0.25, 0.3) is 0 Å². The lowest BCUT2D eigenvalue weighted by Crippen LogP contribution is -2.50. The van der Waals surface area contributed by atoms with Crippen molar-refractivity contribution in [2.45, 2.75) is 49.1 Å². The van der Waals surface area contributed by atoms with Gasteiger partial charge in [-0.1, -0.05) is 19.3 Å². The number of hydrogen-bond acceptors (Lipinski definition) is 6. The number of nitrogens with zero attached hydrogens (tertiary/aromatic N) is 6. The summed E-state index contributed by atoms with van der Waals surface area (Å²) >= 11 is 0. The third-order valence-electron chi connectivity index (χ3n) is 5.88. The van der Waals surface area contributed by atoms with Crippen molar-refractivity contribution in [3.8, 4) is 0 Å². The van der Waals surface area contributed by atoms with Crippen molar-refractivity contribution in [1.29, 1.82) is 0 Å². The van der Waals surface area contributed by atoms with Crippen molar-refractivity contribution < 1.29 is 8.42 Å². The number of sulfonamides is 1. The van der Waals surface area contributed by atoms with Crippen LogP contribution in [0.25, 0.3) is 11.2 Å². The van der Waals surface area contributed by atoms with E-state index in [2.05, 4.69) is 15.1 Å². The summed E-state index contributed by atoms with van der Waals surface area (Å²) in [6.45, 7) is 0.750. The van der Waals surface area contributed by atoms with Crippen molar-refractivity contribution >= 4 is 27.0 Å². The molecule has 4 heterocycles. The van der Waals surface area contributed by atoms with E-state index in [1.54, 1.807) is 17.1 Å². The third kappa shape index (κ3) is 2.62. The summed E-state index contributed by atoms with van der Waals surface area (Å²) in [5.41, 5.74) is 7.37. The highest BCUT2D eigenvalue weighted by Gasteiger charge is 2.42. The van der Waals surface area contributed by atoms with Crippen LogP contribution >= 0.6 is 0 Å². The molecule has 3 aromatic rings. The van der Waals surface area contributed by atoms with Gasteiger partial charge >= 0.3 is 0 Å². The molecule has 9 nitrogen and oxygen atoms in total. The fourth-order valence-corrected chi connectivity index (χ4v) is 6.13. The molecule has 10 heteroatoms. The van der Waals surface area contributed by atoms with E-state index in [-0.39, 0.29) is 22.8 Å². The first-order valence-corrected chi connectivity index (χ1v) is 11.1. The molecule has 2 fully saturated rings. The number of rotatable bonds is 4. The fraction of sp³-hybridized carbons (Fsp3) is 0.500. The van der Waals surface area contributed by atoms with Gasteiger partial charge < -0.3 is 10.3 Å². The number of aromatic nitrogens is 5. The summed E-state index contributed by atoms with van der Waals surface area (Å²) in [6, 6.07) is 2.05. The molecule has 0 radical (unpaired) electrons. The van der Waals surface area contributed by atoms with Crippen LogP contribution in [0.1, 0.15) is 44.2 Å². The van der Waals surface area contributed by atoms with Crippen molar-refractivity contribution in [2.24, 2.45) is 0 Å². The van der Waals surface area contributed by atoms with Gasteiger partial charge in [0, 0.05) is 43.9 Å². The van der Waals surface area contributed by atoms with E-state index in [1.165, 1.54) is 16.9 Å². The SMILES string of the molecule is Nc1c(S(=O)(=O)N2CC(n3cccn3)C2)c2nccnc2n1C1CCCCC1. The van der Waals surface area contributed by atoms with Gasteiger partial charge in [-0.15, -0.1) is 0 Å². The highest BCUT2D eigenvalue weighted by atomic mass is 32.2. The molecule has 1 aliphatic carbocycles. The Labute approximate surface area is 163 Å². The van der Waals surface area contributed by atoms with Crippen LogP contribution < -0.4 is 5.73 Å². The Balaban J connectivity index is 1.54. The van der Waals surface area contributed by atoms with E-state index in [0.29, 0.717) is 24.3 Å². The van der Waals surface area contributed by atoms with E-state index in [0.717, 1.165) is 25.7 Å². The Morgan fingerprint density at radius 1 is 1.00 bits per heavy atom. The zero-order valence-corrected chi connectivity index (χ0v) is 16.3. The van der Waals surface area contributed by atoms with E-state index in [1.807, 2.05) is 16.8 Å². The topological polar surface area (TPSA) is 112 Å². The van der Waals surface area contributed by atoms with Crippen LogP contribution in [0.15, 0.2) is 35.7 Å². The molecule has 28 heavy (non-hydrogen) atoms. The maximum atomic E-state index is 13.4. The molecule has 3 aromatic heterocycles. The molecule has 2 aliphatic rings. The van der Waals surface area contributed by atoms with Gasteiger partial charge in [0.15, 0.2) is 10.5 Å². The fourth-order valence-electron chi connectivity index (χ4n) is 4.38. The second-order valence-electron chi connectivity index (χ2n) is 7.57. The summed E-state index contributed by atoms with van der Waals surface area (Å²) in [6.07, 6.45) is 12.1. The molecule has 148 valence electrons. The first kappa shape index (κ1) is 17.6. The standard InChI is InChI=1S/C18H23N7O2S/c19-17-16(28(26,27)23-11-14(12-23)24-10-4-7-22-24)15-18(21-9-8-20-15)25(17)13-5-2-1-3-6-13/h4,7-10,13-14H,1-3,5-6,11-12,19H2. The molecule has 0 amide bonds. The van der Waals surface area contributed by atoms with Gasteiger partial charge in [0.1, 0.15) is 11.3 Å². The van der Waals surface area contributed by atoms with Crippen molar-refractivity contribution in [3.63, 3.8) is 0 Å². The highest BCUT2D eigenvalue weighted by molar-refractivity contribution is 7.89. The van der Waals surface area contributed by atoms with Crippen molar-refractivity contribution in [2.75, 3.05) is 18.8 Å². The predicted molar refractivity (Wildman–Crippen MR) is 104 cm³/mol. The van der Waals surface area contributed by atoms with Crippen LogP contribution in [0.5, 0.6) is 0 Å². The van der Waals surface area contributed by atoms with Crippen LogP contribution in [-0.2, 0) is 10.0 Å². The molecule has 5 rings (SSSR count). The van der Waals surface area contributed by atoms with Gasteiger partial charge in [0.2, 0.25) is 10.0 Å². The summed E-state index contributed by atoms with van der Waals surface area (Å²) in [4.78, 5) is 8.88. The van der Waals surface area contributed by atoms with Crippen LogP contribution in [0.4, 0.5) is 5.82 Å². The zero-order valence-electron chi connectivity index (χ0n) is 15.5. The van der Waals surface area contributed by atoms with Gasteiger partial charge in [-0.2, -0.15) is 9.40 Å². The summed E-state index contributed by atoms with van der Waals surface area (Å²) < 4.78 is 31.9. The Kier molecular flexibility index (Phi) is 4.13. The maximum absolute atomic E-state index is 13.4. The molecule has 0 bridgehead atoms. The molecule has 1 saturated heterocycles. The second-order valence-corrected chi connectivity index (χ2v) is 9.44. The Hall–Kier alpha value is -2.46. The minimum absolute atomic E-state index is 0.0452. The molecule has 0 spiro atoms. The van der Waals surface area contributed by atoms with Gasteiger partial charge in [0.05, 0.1) is 6.04 Å². The lowest BCUT2D eigenvalue weighted by molar-refractivity contribution is 0.191. The van der Waals surface area contributed by atoms with Crippen molar-refractivity contribution in [3.05, 3.63) is 30.9 Å². The first-order chi connectivity index (χ1) is 13.6. The minimum atomic E-state index is -3.76. The number of fused-ring (bicyclic) bond motifs is 1. The smallest absolute Gasteiger partial charge is 0.249 e. The van der Waals surface area contributed by atoms with Gasteiger partial charge in [-0.25, -0.2) is 18.4 Å². The van der Waals surface area contributed by atoms with Gasteiger partial charge in [-0.05, 0) is 18.9 Å². The van der Waals surface area contributed by atoms with Crippen molar-refractivity contribution in [1.82, 2.24) is 28.6 Å². The van der Waals surface area contributed by atoms with E-state index in [4.69, 9.17) is 5.73 Å². The average Bonchev–Trinajstić information content (AvgIpc) is 3.26. The Morgan fingerprint density at radius 2 is 1.75 bits per heavy atom. The van der Waals surface area contributed by atoms with E-state index in [9.17, 15) is 8.42 Å². The normalized spacial score (nSPS) is 19.9. The molecular formula is C18H23N7O2S. The lowest BCUT2D eigenvalue weighted by Gasteiger charge is -2.37.